The minimum atomic E-state index is -5.69. The largest absolute Gasteiger partial charge is 0.743 e. The van der Waals surface area contributed by atoms with Crippen molar-refractivity contribution in [3.8, 4) is 0 Å². The zero-order chi connectivity index (χ0) is 31.9. The van der Waals surface area contributed by atoms with Gasteiger partial charge in [-0.1, -0.05) is 48.5 Å². The Kier molecular flexibility index (Phi) is 17.3. The van der Waals surface area contributed by atoms with Crippen molar-refractivity contribution in [2.45, 2.75) is 28.2 Å². The van der Waals surface area contributed by atoms with Crippen molar-refractivity contribution in [3.63, 3.8) is 0 Å². The second-order valence-electron chi connectivity index (χ2n) is 8.29. The van der Waals surface area contributed by atoms with E-state index in [0.29, 0.717) is 27.6 Å². The molecule has 9 nitrogen and oxygen atoms in total. The van der Waals surface area contributed by atoms with Gasteiger partial charge in [0.05, 0.1) is 0 Å². The monoisotopic (exact) mass is 668 g/mol. The fourth-order valence-corrected chi connectivity index (χ4v) is 5.88. The molecule has 0 aromatic heterocycles. The van der Waals surface area contributed by atoms with Crippen molar-refractivity contribution >= 4 is 47.8 Å². The first-order valence-electron chi connectivity index (χ1n) is 11.5. The summed E-state index contributed by atoms with van der Waals surface area (Å²) in [5, 5.41) is 6.10. The van der Waals surface area contributed by atoms with Gasteiger partial charge in [0.2, 0.25) is 5.78 Å². The van der Waals surface area contributed by atoms with Crippen LogP contribution in [0, 0.1) is 0 Å². The van der Waals surface area contributed by atoms with Gasteiger partial charge in [-0.25, -0.2) is 16.8 Å². The highest BCUT2D eigenvalue weighted by Crippen LogP contribution is 2.19. The molecule has 1 saturated heterocycles. The molecular weight excluding hydrogens is 637 g/mol. The summed E-state index contributed by atoms with van der Waals surface area (Å²) >= 11 is 0. The smallest absolute Gasteiger partial charge is 0.356 e. The lowest BCUT2D eigenvalue weighted by Gasteiger charge is -2.16. The summed E-state index contributed by atoms with van der Waals surface area (Å²) in [6.45, 7) is -3.95. The Bertz CT molecular complexity index is 1200. The Labute approximate surface area is 243 Å². The molecule has 0 bridgehead atoms. The molecule has 1 aliphatic heterocycles. The Hall–Kier alpha value is -1.73. The number of benzene rings is 2. The first-order chi connectivity index (χ1) is 18.8. The summed E-state index contributed by atoms with van der Waals surface area (Å²) < 4.78 is 103. The quantitative estimate of drug-likeness (QED) is 0.186. The molecule has 2 N–H and O–H groups in total. The van der Waals surface area contributed by atoms with Gasteiger partial charge in [0, 0.05) is 16.5 Å². The fourth-order valence-electron chi connectivity index (χ4n) is 2.60. The van der Waals surface area contributed by atoms with Crippen molar-refractivity contribution < 1.29 is 58.5 Å². The number of aliphatic hydroxyl groups excluding tert-OH is 2. The second-order valence-corrected chi connectivity index (χ2v) is 15.7. The summed E-state index contributed by atoms with van der Waals surface area (Å²) in [7, 11) is -10.6. The number of carbonyl (C=O) groups excluding carboxylic acids is 1. The lowest BCUT2D eigenvalue weighted by atomic mass is 10.2. The molecule has 0 unspecified atom stereocenters. The molecule has 2 aromatic carbocycles. The first-order valence-corrected chi connectivity index (χ1v) is 18.1. The maximum absolute atomic E-state index is 11.8. The molecule has 1 heterocycles. The van der Waals surface area contributed by atoms with E-state index in [1.807, 2.05) is 30.3 Å². The molecule has 0 amide bonds. The summed E-state index contributed by atoms with van der Waals surface area (Å²) in [5.41, 5.74) is 0.881. The van der Waals surface area contributed by atoms with Crippen LogP contribution in [0.15, 0.2) is 65.6 Å². The van der Waals surface area contributed by atoms with Gasteiger partial charge in [0.15, 0.2) is 30.9 Å². The maximum Gasteiger partial charge on any atom is 0.356 e. The second kappa shape index (κ2) is 18.0. The van der Waals surface area contributed by atoms with Crippen LogP contribution in [-0.4, -0.2) is 95.4 Å². The van der Waals surface area contributed by atoms with Crippen LogP contribution in [-0.2, 0) is 42.0 Å². The number of hydrogen-bond donors (Lipinski definition) is 2. The van der Waals surface area contributed by atoms with E-state index in [-0.39, 0.29) is 0 Å². The molecule has 0 saturated carbocycles. The zero-order valence-electron chi connectivity index (χ0n) is 22.1. The van der Waals surface area contributed by atoms with Crippen LogP contribution in [0.1, 0.15) is 23.2 Å². The Morgan fingerprint density at radius 2 is 1.17 bits per heavy atom. The van der Waals surface area contributed by atoms with Crippen LogP contribution in [0.3, 0.4) is 0 Å². The SMILES string of the molecule is C[S+](C)c1ccccc1.O=C(C[S+]1CCCC1)c1ccccc1.O=S(=O)([O-])C(F)(F)CO.O=S(=O)([O-])C(F)(F)CO. The number of Topliss-reactive ketones (excluding diaryl/α,β-unsaturated/α-hetero) is 1. The summed E-state index contributed by atoms with van der Waals surface area (Å²) in [5.74, 6) is 3.66. The van der Waals surface area contributed by atoms with E-state index in [0.717, 1.165) is 11.3 Å². The molecule has 0 spiro atoms. The maximum atomic E-state index is 11.8. The molecule has 2 aromatic rings. The summed E-state index contributed by atoms with van der Waals surface area (Å²) in [6, 6.07) is 20.2. The number of ketones is 1. The highest BCUT2D eigenvalue weighted by molar-refractivity contribution is 7.97. The van der Waals surface area contributed by atoms with E-state index in [4.69, 9.17) is 10.2 Å². The number of halogens is 4. The summed E-state index contributed by atoms with van der Waals surface area (Å²) in [6.07, 6.45) is 7.11. The van der Waals surface area contributed by atoms with Crippen molar-refractivity contribution in [3.05, 3.63) is 66.2 Å². The van der Waals surface area contributed by atoms with E-state index in [2.05, 4.69) is 42.8 Å². The van der Waals surface area contributed by atoms with Gasteiger partial charge in [-0.3, -0.25) is 4.79 Å². The minimum Gasteiger partial charge on any atom is -0.743 e. The Morgan fingerprint density at radius 3 is 1.44 bits per heavy atom. The number of hydrogen-bond acceptors (Lipinski definition) is 9. The van der Waals surface area contributed by atoms with Gasteiger partial charge >= 0.3 is 10.5 Å². The Morgan fingerprint density at radius 1 is 0.805 bits per heavy atom. The van der Waals surface area contributed by atoms with Crippen LogP contribution in [0.2, 0.25) is 0 Å². The number of aliphatic hydroxyl groups is 2. The number of alkyl halides is 4. The third-order valence-electron chi connectivity index (χ3n) is 4.86. The third kappa shape index (κ3) is 15.3. The van der Waals surface area contributed by atoms with Crippen molar-refractivity contribution in [2.75, 3.05) is 43.0 Å². The van der Waals surface area contributed by atoms with Gasteiger partial charge in [-0.05, 0) is 35.9 Å². The van der Waals surface area contributed by atoms with Crippen molar-refractivity contribution in [1.82, 2.24) is 0 Å². The number of rotatable bonds is 8. The van der Waals surface area contributed by atoms with E-state index >= 15 is 0 Å². The normalized spacial score (nSPS) is 14.1. The van der Waals surface area contributed by atoms with Crippen molar-refractivity contribution in [2.24, 2.45) is 0 Å². The van der Waals surface area contributed by atoms with Gasteiger partial charge in [-0.2, -0.15) is 17.6 Å². The molecule has 1 fully saturated rings. The summed E-state index contributed by atoms with van der Waals surface area (Å²) in [4.78, 5) is 13.2. The van der Waals surface area contributed by atoms with Crippen LogP contribution < -0.4 is 0 Å². The Balaban J connectivity index is 0.000000535. The molecule has 3 rings (SSSR count). The van der Waals surface area contributed by atoms with E-state index in [1.54, 1.807) is 0 Å². The zero-order valence-corrected chi connectivity index (χ0v) is 25.4. The molecule has 0 aliphatic carbocycles. The van der Waals surface area contributed by atoms with Crippen LogP contribution in [0.5, 0.6) is 0 Å². The molecule has 1 aliphatic rings. The highest BCUT2D eigenvalue weighted by Gasteiger charge is 2.37. The standard InChI is InChI=1S/C12H15OS.C8H11S.2C2H4F2O4S/c13-12(10-14-8-4-5-9-14)11-6-2-1-3-7-11;1-9(2)8-6-4-3-5-7-8;2*3-2(4,1-5)9(6,7)8/h1-3,6-7H,4-5,8-10H2;3-7H,1-2H3;2*5H,1H2,(H,6,7,8)/q2*+1;;/p-2. The predicted octanol–water partition coefficient (Wildman–Crippen LogP) is 2.44. The van der Waals surface area contributed by atoms with Gasteiger partial charge in [0.25, 0.3) is 0 Å². The van der Waals surface area contributed by atoms with Crippen LogP contribution in [0.25, 0.3) is 0 Å². The van der Waals surface area contributed by atoms with Gasteiger partial charge < -0.3 is 19.3 Å². The molecule has 0 radical (unpaired) electrons. The highest BCUT2D eigenvalue weighted by atomic mass is 32.2. The molecular formula is C24H32F4O9S4. The molecule has 41 heavy (non-hydrogen) atoms. The topological polar surface area (TPSA) is 172 Å². The van der Waals surface area contributed by atoms with Crippen LogP contribution >= 0.6 is 0 Å². The fraction of sp³-hybridized carbons (Fsp3) is 0.458. The molecule has 17 heteroatoms. The third-order valence-corrected chi connectivity index (χ3v) is 10.2. The molecule has 0 atom stereocenters. The first kappa shape index (κ1) is 39.3. The average molecular weight is 669 g/mol. The van der Waals surface area contributed by atoms with Crippen LogP contribution in [0.4, 0.5) is 17.6 Å². The lowest BCUT2D eigenvalue weighted by Crippen LogP contribution is -2.32. The van der Waals surface area contributed by atoms with Gasteiger partial charge in [0.1, 0.15) is 37.2 Å². The van der Waals surface area contributed by atoms with Crippen molar-refractivity contribution in [1.29, 1.82) is 0 Å². The number of carbonyl (C=O) groups is 1. The van der Waals surface area contributed by atoms with E-state index in [1.165, 1.54) is 29.2 Å². The average Bonchev–Trinajstić information content (AvgIpc) is 3.42. The minimum absolute atomic E-state index is 0.329. The van der Waals surface area contributed by atoms with Gasteiger partial charge in [-0.15, -0.1) is 0 Å². The lowest BCUT2D eigenvalue weighted by molar-refractivity contribution is 0.0179. The van der Waals surface area contributed by atoms with E-state index in [9.17, 15) is 48.3 Å². The van der Waals surface area contributed by atoms with E-state index < -0.39 is 44.0 Å². The molecule has 234 valence electrons. The predicted molar refractivity (Wildman–Crippen MR) is 149 cm³/mol.